The van der Waals surface area contributed by atoms with E-state index in [0.717, 1.165) is 32.5 Å². The lowest BCUT2D eigenvalue weighted by atomic mass is 10.0. The van der Waals surface area contributed by atoms with Crippen LogP contribution in [0.5, 0.6) is 0 Å². The van der Waals surface area contributed by atoms with Crippen LogP contribution in [-0.4, -0.2) is 39.9 Å². The molecule has 2 heterocycles. The second kappa shape index (κ2) is 7.13. The highest BCUT2D eigenvalue weighted by Gasteiger charge is 2.21. The molecule has 1 aromatic carbocycles. The molecule has 0 atom stereocenters. The van der Waals surface area contributed by atoms with Gasteiger partial charge in [-0.1, -0.05) is 30.3 Å². The molecule has 0 radical (unpaired) electrons. The summed E-state index contributed by atoms with van der Waals surface area (Å²) < 4.78 is 0. The van der Waals surface area contributed by atoms with Crippen LogP contribution in [0.4, 0.5) is 0 Å². The second-order valence-corrected chi connectivity index (χ2v) is 5.60. The summed E-state index contributed by atoms with van der Waals surface area (Å²) in [4.78, 5) is 22.3. The fourth-order valence-corrected chi connectivity index (χ4v) is 2.76. The Hall–Kier alpha value is -2.27. The van der Waals surface area contributed by atoms with E-state index in [9.17, 15) is 4.79 Å². The Labute approximate surface area is 130 Å². The first-order valence-electron chi connectivity index (χ1n) is 7.64. The number of nitrogens with zero attached hydrogens (tertiary/aromatic N) is 3. The van der Waals surface area contributed by atoms with Gasteiger partial charge in [0.15, 0.2) is 0 Å². The van der Waals surface area contributed by atoms with Gasteiger partial charge >= 0.3 is 0 Å². The van der Waals surface area contributed by atoms with Crippen LogP contribution >= 0.6 is 0 Å². The van der Waals surface area contributed by atoms with Gasteiger partial charge in [-0.3, -0.25) is 9.69 Å². The van der Waals surface area contributed by atoms with Gasteiger partial charge in [-0.05, 0) is 24.5 Å². The van der Waals surface area contributed by atoms with Crippen molar-refractivity contribution in [3.8, 4) is 0 Å². The summed E-state index contributed by atoms with van der Waals surface area (Å²) in [5, 5.41) is 3.06. The molecule has 5 nitrogen and oxygen atoms in total. The maximum atomic E-state index is 12.1. The molecule has 1 aromatic heterocycles. The van der Waals surface area contributed by atoms with Crippen LogP contribution in [0.15, 0.2) is 48.9 Å². The molecule has 0 saturated carbocycles. The zero-order chi connectivity index (χ0) is 15.2. The van der Waals surface area contributed by atoms with Crippen molar-refractivity contribution in [2.75, 3.05) is 13.1 Å². The molecule has 1 aliphatic rings. The van der Waals surface area contributed by atoms with Crippen LogP contribution in [-0.2, 0) is 6.54 Å². The van der Waals surface area contributed by atoms with Crippen molar-refractivity contribution >= 4 is 5.91 Å². The monoisotopic (exact) mass is 296 g/mol. The summed E-state index contributed by atoms with van der Waals surface area (Å²) >= 11 is 0. The fraction of sp³-hybridized carbons (Fsp3) is 0.353. The van der Waals surface area contributed by atoms with Gasteiger partial charge in [0.1, 0.15) is 12.0 Å². The SMILES string of the molecule is O=C(NC1CCN(Cc2ccccc2)CC1)c1ccncn1. The standard InChI is InChI=1S/C17H20N4O/c22-17(16-6-9-18-13-19-16)20-15-7-10-21(11-8-15)12-14-4-2-1-3-5-14/h1-6,9,13,15H,7-8,10-12H2,(H,20,22). The average Bonchev–Trinajstić information content (AvgIpc) is 2.58. The van der Waals surface area contributed by atoms with Crippen molar-refractivity contribution in [2.24, 2.45) is 0 Å². The highest BCUT2D eigenvalue weighted by Crippen LogP contribution is 2.14. The quantitative estimate of drug-likeness (QED) is 0.936. The molecule has 5 heteroatoms. The Balaban J connectivity index is 1.47. The highest BCUT2D eigenvalue weighted by molar-refractivity contribution is 5.92. The van der Waals surface area contributed by atoms with Crippen LogP contribution in [0.25, 0.3) is 0 Å². The van der Waals surface area contributed by atoms with Crippen LogP contribution in [0.2, 0.25) is 0 Å². The van der Waals surface area contributed by atoms with Crippen LogP contribution in [0.1, 0.15) is 28.9 Å². The molecule has 1 aliphatic heterocycles. The summed E-state index contributed by atoms with van der Waals surface area (Å²) in [6.45, 7) is 2.99. The maximum absolute atomic E-state index is 12.1. The smallest absolute Gasteiger partial charge is 0.270 e. The van der Waals surface area contributed by atoms with Gasteiger partial charge in [0.05, 0.1) is 0 Å². The first-order chi connectivity index (χ1) is 10.8. The number of nitrogens with one attached hydrogen (secondary N) is 1. The number of aromatic nitrogens is 2. The van der Waals surface area contributed by atoms with E-state index in [1.165, 1.54) is 11.9 Å². The van der Waals surface area contributed by atoms with E-state index in [0.29, 0.717) is 5.69 Å². The van der Waals surface area contributed by atoms with Crippen LogP contribution in [0.3, 0.4) is 0 Å². The molecule has 0 spiro atoms. The Bertz CT molecular complexity index is 595. The van der Waals surface area contributed by atoms with Gasteiger partial charge in [-0.15, -0.1) is 0 Å². The molecule has 1 amide bonds. The number of amides is 1. The minimum Gasteiger partial charge on any atom is -0.348 e. The van der Waals surface area contributed by atoms with Gasteiger partial charge in [-0.25, -0.2) is 9.97 Å². The fourth-order valence-electron chi connectivity index (χ4n) is 2.76. The third kappa shape index (κ3) is 3.89. The molecule has 114 valence electrons. The molecular weight excluding hydrogens is 276 g/mol. The average molecular weight is 296 g/mol. The topological polar surface area (TPSA) is 58.1 Å². The predicted octanol–water partition coefficient (Wildman–Crippen LogP) is 1.87. The van der Waals surface area contributed by atoms with E-state index in [-0.39, 0.29) is 11.9 Å². The van der Waals surface area contributed by atoms with E-state index in [2.05, 4.69) is 44.5 Å². The van der Waals surface area contributed by atoms with Crippen molar-refractivity contribution in [3.63, 3.8) is 0 Å². The third-order valence-electron chi connectivity index (χ3n) is 3.99. The summed E-state index contributed by atoms with van der Waals surface area (Å²) in [6, 6.07) is 12.4. The molecular formula is C17H20N4O. The van der Waals surface area contributed by atoms with Gasteiger partial charge in [0.25, 0.3) is 5.91 Å². The number of carbonyl (C=O) groups is 1. The molecule has 0 aliphatic carbocycles. The van der Waals surface area contributed by atoms with E-state index < -0.39 is 0 Å². The minimum absolute atomic E-state index is 0.107. The largest absolute Gasteiger partial charge is 0.348 e. The summed E-state index contributed by atoms with van der Waals surface area (Å²) in [5.74, 6) is -0.107. The number of carbonyl (C=O) groups excluding carboxylic acids is 1. The molecule has 1 saturated heterocycles. The molecule has 1 N–H and O–H groups in total. The normalized spacial score (nSPS) is 16.4. The van der Waals surface area contributed by atoms with Crippen molar-refractivity contribution in [1.29, 1.82) is 0 Å². The van der Waals surface area contributed by atoms with E-state index in [4.69, 9.17) is 0 Å². The maximum Gasteiger partial charge on any atom is 0.270 e. The number of hydrogen-bond acceptors (Lipinski definition) is 4. The first-order valence-corrected chi connectivity index (χ1v) is 7.64. The molecule has 22 heavy (non-hydrogen) atoms. The van der Waals surface area contributed by atoms with E-state index in [1.54, 1.807) is 12.3 Å². The van der Waals surface area contributed by atoms with E-state index >= 15 is 0 Å². The van der Waals surface area contributed by atoms with Gasteiger partial charge in [0.2, 0.25) is 0 Å². The first kappa shape index (κ1) is 14.7. The van der Waals surface area contributed by atoms with E-state index in [1.807, 2.05) is 6.07 Å². The Morgan fingerprint density at radius 3 is 2.64 bits per heavy atom. The highest BCUT2D eigenvalue weighted by atomic mass is 16.1. The Kier molecular flexibility index (Phi) is 4.75. The molecule has 0 bridgehead atoms. The summed E-state index contributed by atoms with van der Waals surface area (Å²) in [5.41, 5.74) is 1.77. The lowest BCUT2D eigenvalue weighted by Gasteiger charge is -2.32. The molecule has 3 rings (SSSR count). The van der Waals surface area contributed by atoms with Gasteiger partial charge < -0.3 is 5.32 Å². The summed E-state index contributed by atoms with van der Waals surface area (Å²) in [7, 11) is 0. The predicted molar refractivity (Wildman–Crippen MR) is 84.2 cm³/mol. The number of piperidine rings is 1. The van der Waals surface area contributed by atoms with Gasteiger partial charge in [0, 0.05) is 31.9 Å². The van der Waals surface area contributed by atoms with Crippen molar-refractivity contribution < 1.29 is 4.79 Å². The van der Waals surface area contributed by atoms with Crippen molar-refractivity contribution in [3.05, 3.63) is 60.2 Å². The number of likely N-dealkylation sites (tertiary alicyclic amines) is 1. The molecule has 2 aromatic rings. The lowest BCUT2D eigenvalue weighted by molar-refractivity contribution is 0.0903. The zero-order valence-corrected chi connectivity index (χ0v) is 12.5. The van der Waals surface area contributed by atoms with Crippen molar-refractivity contribution in [2.45, 2.75) is 25.4 Å². The lowest BCUT2D eigenvalue weighted by Crippen LogP contribution is -2.44. The Morgan fingerprint density at radius 1 is 1.18 bits per heavy atom. The number of benzene rings is 1. The zero-order valence-electron chi connectivity index (χ0n) is 12.5. The summed E-state index contributed by atoms with van der Waals surface area (Å²) in [6.07, 6.45) is 4.94. The second-order valence-electron chi connectivity index (χ2n) is 5.60. The minimum atomic E-state index is -0.107. The van der Waals surface area contributed by atoms with Crippen LogP contribution < -0.4 is 5.32 Å². The van der Waals surface area contributed by atoms with Crippen molar-refractivity contribution in [1.82, 2.24) is 20.2 Å². The molecule has 1 fully saturated rings. The van der Waals surface area contributed by atoms with Crippen LogP contribution in [0, 0.1) is 0 Å². The molecule has 0 unspecified atom stereocenters. The number of hydrogen-bond donors (Lipinski definition) is 1. The van der Waals surface area contributed by atoms with Gasteiger partial charge in [-0.2, -0.15) is 0 Å². The third-order valence-corrected chi connectivity index (χ3v) is 3.99. The Morgan fingerprint density at radius 2 is 1.95 bits per heavy atom. The number of rotatable bonds is 4.